The van der Waals surface area contributed by atoms with Gasteiger partial charge in [0.05, 0.1) is 17.6 Å². The molecule has 4 rings (SSSR count). The van der Waals surface area contributed by atoms with Gasteiger partial charge in [-0.15, -0.1) is 24.0 Å². The second-order valence-corrected chi connectivity index (χ2v) is 7.28. The summed E-state index contributed by atoms with van der Waals surface area (Å²) in [6, 6.07) is 10.1. The van der Waals surface area contributed by atoms with Gasteiger partial charge < -0.3 is 20.5 Å². The van der Waals surface area contributed by atoms with Gasteiger partial charge in [0.1, 0.15) is 23.1 Å². The molecule has 30 heavy (non-hydrogen) atoms. The second-order valence-electron chi connectivity index (χ2n) is 7.28. The molecular formula is C21H25F2IN6. The number of anilines is 1. The van der Waals surface area contributed by atoms with Crippen molar-refractivity contribution in [3.63, 3.8) is 0 Å². The van der Waals surface area contributed by atoms with Crippen LogP contribution in [-0.4, -0.2) is 42.1 Å². The smallest absolute Gasteiger partial charge is 0.191 e. The predicted octanol–water partition coefficient (Wildman–Crippen LogP) is 3.71. The molecule has 0 bridgehead atoms. The molecule has 1 atom stereocenters. The minimum Gasteiger partial charge on any atom is -0.365 e. The van der Waals surface area contributed by atoms with Gasteiger partial charge in [0, 0.05) is 26.2 Å². The van der Waals surface area contributed by atoms with Crippen LogP contribution in [0.2, 0.25) is 0 Å². The molecular weight excluding hydrogens is 501 g/mol. The van der Waals surface area contributed by atoms with Crippen molar-refractivity contribution in [2.24, 2.45) is 4.99 Å². The average Bonchev–Trinajstić information content (AvgIpc) is 3.31. The van der Waals surface area contributed by atoms with Gasteiger partial charge in [-0.2, -0.15) is 0 Å². The summed E-state index contributed by atoms with van der Waals surface area (Å²) in [5, 5.41) is 6.57. The number of aromatic nitrogens is 2. The van der Waals surface area contributed by atoms with E-state index in [1.807, 2.05) is 19.1 Å². The SMILES string of the molecule is CN=C(NCc1nc2ccc(C)cc2[nH]1)NC1CCN(c2c(F)cccc2F)C1.I. The summed E-state index contributed by atoms with van der Waals surface area (Å²) in [6.45, 7) is 3.62. The molecule has 160 valence electrons. The molecule has 1 aromatic heterocycles. The highest BCUT2D eigenvalue weighted by atomic mass is 127. The maximum atomic E-state index is 14.0. The van der Waals surface area contributed by atoms with E-state index in [-0.39, 0.29) is 35.7 Å². The molecule has 2 aromatic carbocycles. The number of aliphatic imine (C=N–C) groups is 1. The Morgan fingerprint density at radius 2 is 2.03 bits per heavy atom. The van der Waals surface area contributed by atoms with Crippen molar-refractivity contribution in [2.75, 3.05) is 25.0 Å². The Morgan fingerprint density at radius 1 is 1.27 bits per heavy atom. The van der Waals surface area contributed by atoms with Crippen LogP contribution in [0, 0.1) is 18.6 Å². The number of aryl methyl sites for hydroxylation is 1. The highest BCUT2D eigenvalue weighted by molar-refractivity contribution is 14.0. The van der Waals surface area contributed by atoms with E-state index in [2.05, 4.69) is 31.7 Å². The van der Waals surface area contributed by atoms with Crippen molar-refractivity contribution in [1.82, 2.24) is 20.6 Å². The Hall–Kier alpha value is -2.43. The molecule has 6 nitrogen and oxygen atoms in total. The quantitative estimate of drug-likeness (QED) is 0.276. The van der Waals surface area contributed by atoms with Gasteiger partial charge in [-0.1, -0.05) is 12.1 Å². The summed E-state index contributed by atoms with van der Waals surface area (Å²) < 4.78 is 28.1. The van der Waals surface area contributed by atoms with E-state index >= 15 is 0 Å². The van der Waals surface area contributed by atoms with Crippen molar-refractivity contribution < 1.29 is 8.78 Å². The lowest BCUT2D eigenvalue weighted by molar-refractivity contribution is 0.575. The number of imidazole rings is 1. The first kappa shape index (κ1) is 22.3. The van der Waals surface area contributed by atoms with E-state index in [4.69, 9.17) is 0 Å². The maximum Gasteiger partial charge on any atom is 0.191 e. The van der Waals surface area contributed by atoms with Crippen LogP contribution in [0.3, 0.4) is 0 Å². The summed E-state index contributed by atoms with van der Waals surface area (Å²) in [7, 11) is 1.70. The number of halogens is 3. The number of guanidine groups is 1. The fourth-order valence-corrected chi connectivity index (χ4v) is 3.69. The van der Waals surface area contributed by atoms with Gasteiger partial charge in [0.15, 0.2) is 5.96 Å². The van der Waals surface area contributed by atoms with Crippen LogP contribution < -0.4 is 15.5 Å². The Balaban J connectivity index is 0.00000256. The van der Waals surface area contributed by atoms with Crippen molar-refractivity contribution in [3.8, 4) is 0 Å². The molecule has 0 radical (unpaired) electrons. The zero-order chi connectivity index (χ0) is 20.4. The Bertz CT molecular complexity index is 1030. The lowest BCUT2D eigenvalue weighted by Gasteiger charge is -2.21. The monoisotopic (exact) mass is 526 g/mol. The molecule has 3 aromatic rings. The van der Waals surface area contributed by atoms with Crippen LogP contribution in [0.25, 0.3) is 11.0 Å². The first-order valence-electron chi connectivity index (χ1n) is 9.65. The third-order valence-corrected chi connectivity index (χ3v) is 5.12. The highest BCUT2D eigenvalue weighted by Gasteiger charge is 2.27. The van der Waals surface area contributed by atoms with Crippen molar-refractivity contribution in [1.29, 1.82) is 0 Å². The normalized spacial score (nSPS) is 16.6. The van der Waals surface area contributed by atoms with E-state index in [1.54, 1.807) is 11.9 Å². The lowest BCUT2D eigenvalue weighted by Crippen LogP contribution is -2.44. The molecule has 2 heterocycles. The maximum absolute atomic E-state index is 14.0. The van der Waals surface area contributed by atoms with Crippen LogP contribution in [0.4, 0.5) is 14.5 Å². The fourth-order valence-electron chi connectivity index (χ4n) is 3.69. The summed E-state index contributed by atoms with van der Waals surface area (Å²) >= 11 is 0. The molecule has 3 N–H and O–H groups in total. The Morgan fingerprint density at radius 3 is 2.77 bits per heavy atom. The average molecular weight is 526 g/mol. The van der Waals surface area contributed by atoms with E-state index in [0.29, 0.717) is 25.6 Å². The second kappa shape index (κ2) is 9.59. The third kappa shape index (κ3) is 4.82. The topological polar surface area (TPSA) is 68.3 Å². The van der Waals surface area contributed by atoms with E-state index in [9.17, 15) is 8.78 Å². The number of nitrogens with one attached hydrogen (secondary N) is 3. The van der Waals surface area contributed by atoms with Crippen LogP contribution >= 0.6 is 24.0 Å². The minimum absolute atomic E-state index is 0. The number of para-hydroxylation sites is 1. The van der Waals surface area contributed by atoms with Crippen molar-refractivity contribution in [2.45, 2.75) is 25.9 Å². The van der Waals surface area contributed by atoms with Gasteiger partial charge in [0.2, 0.25) is 0 Å². The Kier molecular flexibility index (Phi) is 7.11. The molecule has 1 aliphatic heterocycles. The number of fused-ring (bicyclic) bond motifs is 1. The molecule has 1 aliphatic rings. The number of rotatable bonds is 4. The zero-order valence-electron chi connectivity index (χ0n) is 16.9. The number of aromatic amines is 1. The van der Waals surface area contributed by atoms with E-state index in [0.717, 1.165) is 23.3 Å². The first-order chi connectivity index (χ1) is 14.0. The number of H-pyrrole nitrogens is 1. The van der Waals surface area contributed by atoms with Crippen molar-refractivity contribution >= 4 is 46.7 Å². The lowest BCUT2D eigenvalue weighted by atomic mass is 10.2. The molecule has 0 amide bonds. The van der Waals surface area contributed by atoms with Gasteiger partial charge in [-0.3, -0.25) is 4.99 Å². The molecule has 0 aliphatic carbocycles. The zero-order valence-corrected chi connectivity index (χ0v) is 19.2. The Labute approximate surface area is 191 Å². The summed E-state index contributed by atoms with van der Waals surface area (Å²) in [4.78, 5) is 13.9. The predicted molar refractivity (Wildman–Crippen MR) is 127 cm³/mol. The third-order valence-electron chi connectivity index (χ3n) is 5.12. The largest absolute Gasteiger partial charge is 0.365 e. The number of nitrogens with zero attached hydrogens (tertiary/aromatic N) is 3. The van der Waals surface area contributed by atoms with Crippen LogP contribution in [0.15, 0.2) is 41.4 Å². The molecule has 1 unspecified atom stereocenters. The summed E-state index contributed by atoms with van der Waals surface area (Å²) in [5.41, 5.74) is 3.14. The number of hydrogen-bond acceptors (Lipinski definition) is 3. The van der Waals surface area contributed by atoms with Crippen LogP contribution in [0.1, 0.15) is 17.8 Å². The molecule has 0 spiro atoms. The first-order valence-corrected chi connectivity index (χ1v) is 9.65. The molecule has 0 saturated carbocycles. The van der Waals surface area contributed by atoms with Crippen LogP contribution in [0.5, 0.6) is 0 Å². The summed E-state index contributed by atoms with van der Waals surface area (Å²) in [6.07, 6.45) is 0.762. The van der Waals surface area contributed by atoms with Gasteiger partial charge in [-0.25, -0.2) is 13.8 Å². The highest BCUT2D eigenvalue weighted by Crippen LogP contribution is 2.26. The van der Waals surface area contributed by atoms with Crippen molar-refractivity contribution in [3.05, 3.63) is 59.4 Å². The fraction of sp³-hybridized carbons (Fsp3) is 0.333. The standard InChI is InChI=1S/C21H24F2N6.HI/c1-13-6-7-17-18(10-13)28-19(27-17)11-25-21(24-2)26-14-8-9-29(12-14)20-15(22)4-3-5-16(20)23;/h3-7,10,14H,8-9,11-12H2,1-2H3,(H,27,28)(H2,24,25,26);1H. The minimum atomic E-state index is -0.534. The van der Waals surface area contributed by atoms with Gasteiger partial charge >= 0.3 is 0 Å². The number of benzene rings is 2. The molecule has 1 fully saturated rings. The van der Waals surface area contributed by atoms with Gasteiger partial charge in [-0.05, 0) is 43.2 Å². The number of hydrogen-bond donors (Lipinski definition) is 3. The van der Waals surface area contributed by atoms with Gasteiger partial charge in [0.25, 0.3) is 0 Å². The molecule has 9 heteroatoms. The van der Waals surface area contributed by atoms with Crippen LogP contribution in [-0.2, 0) is 6.54 Å². The summed E-state index contributed by atoms with van der Waals surface area (Å²) in [5.74, 6) is 0.374. The molecule has 1 saturated heterocycles. The van der Waals surface area contributed by atoms with E-state index in [1.165, 1.54) is 23.8 Å². The van der Waals surface area contributed by atoms with E-state index < -0.39 is 11.6 Å².